The number of hydrogen-bond donors (Lipinski definition) is 1. The molecule has 2 atom stereocenters. The summed E-state index contributed by atoms with van der Waals surface area (Å²) < 4.78 is 11.5. The lowest BCUT2D eigenvalue weighted by molar-refractivity contribution is -0.00401. The van der Waals surface area contributed by atoms with Crippen molar-refractivity contribution in [3.8, 4) is 0 Å². The molecule has 120 valence electrons. The van der Waals surface area contributed by atoms with Crippen LogP contribution < -0.4 is 5.32 Å². The average Bonchev–Trinajstić information content (AvgIpc) is 2.52. The van der Waals surface area contributed by atoms with Gasteiger partial charge in [0.15, 0.2) is 0 Å². The van der Waals surface area contributed by atoms with Crippen LogP contribution in [-0.2, 0) is 9.47 Å². The first-order valence-electron chi connectivity index (χ1n) is 8.27. The molecule has 21 heavy (non-hydrogen) atoms. The molecule has 0 aliphatic carbocycles. The molecule has 0 radical (unpaired) electrons. The minimum absolute atomic E-state index is 0.133. The maximum atomic E-state index is 5.95. The van der Waals surface area contributed by atoms with Crippen molar-refractivity contribution in [3.63, 3.8) is 0 Å². The first kappa shape index (κ1) is 18.1. The second kappa shape index (κ2) is 11.7. The van der Waals surface area contributed by atoms with E-state index in [9.17, 15) is 0 Å². The van der Waals surface area contributed by atoms with Crippen LogP contribution in [0.4, 0.5) is 0 Å². The Morgan fingerprint density at radius 2 is 1.76 bits per heavy atom. The SMILES string of the molecule is CCCCOCCOC(C)C(NCCC)c1ccccc1. The molecule has 0 amide bonds. The molecule has 0 bridgehead atoms. The number of rotatable bonds is 12. The van der Waals surface area contributed by atoms with Gasteiger partial charge in [0.1, 0.15) is 0 Å². The summed E-state index contributed by atoms with van der Waals surface area (Å²) in [5, 5.41) is 3.58. The van der Waals surface area contributed by atoms with E-state index in [-0.39, 0.29) is 12.1 Å². The number of unbranched alkanes of at least 4 members (excludes halogenated alkanes) is 1. The average molecular weight is 293 g/mol. The summed E-state index contributed by atoms with van der Waals surface area (Å²) in [5.74, 6) is 0. The summed E-state index contributed by atoms with van der Waals surface area (Å²) >= 11 is 0. The lowest BCUT2D eigenvalue weighted by Crippen LogP contribution is -2.33. The molecule has 0 spiro atoms. The Morgan fingerprint density at radius 3 is 2.43 bits per heavy atom. The van der Waals surface area contributed by atoms with E-state index < -0.39 is 0 Å². The van der Waals surface area contributed by atoms with Crippen LogP contribution in [0.3, 0.4) is 0 Å². The van der Waals surface area contributed by atoms with Crippen molar-refractivity contribution in [2.24, 2.45) is 0 Å². The van der Waals surface area contributed by atoms with Gasteiger partial charge in [0, 0.05) is 6.61 Å². The summed E-state index contributed by atoms with van der Waals surface area (Å²) in [6, 6.07) is 10.8. The van der Waals surface area contributed by atoms with Gasteiger partial charge in [-0.1, -0.05) is 50.6 Å². The van der Waals surface area contributed by atoms with Gasteiger partial charge < -0.3 is 14.8 Å². The van der Waals surface area contributed by atoms with E-state index in [4.69, 9.17) is 9.47 Å². The van der Waals surface area contributed by atoms with Crippen molar-refractivity contribution >= 4 is 0 Å². The molecule has 0 fully saturated rings. The molecule has 1 aromatic rings. The fraction of sp³-hybridized carbons (Fsp3) is 0.667. The van der Waals surface area contributed by atoms with Gasteiger partial charge >= 0.3 is 0 Å². The summed E-state index contributed by atoms with van der Waals surface area (Å²) in [5.41, 5.74) is 1.28. The Morgan fingerprint density at radius 1 is 1.00 bits per heavy atom. The van der Waals surface area contributed by atoms with Crippen LogP contribution >= 0.6 is 0 Å². The van der Waals surface area contributed by atoms with Gasteiger partial charge in [0.05, 0.1) is 25.4 Å². The maximum Gasteiger partial charge on any atom is 0.0742 e. The van der Waals surface area contributed by atoms with E-state index in [1.165, 1.54) is 12.0 Å². The highest BCUT2D eigenvalue weighted by atomic mass is 16.5. The molecule has 2 unspecified atom stereocenters. The molecule has 0 aliphatic rings. The Kier molecular flexibility index (Phi) is 10.1. The molecule has 0 aromatic heterocycles. The highest BCUT2D eigenvalue weighted by molar-refractivity contribution is 5.19. The van der Waals surface area contributed by atoms with Gasteiger partial charge in [0.2, 0.25) is 0 Å². The second-order valence-corrected chi connectivity index (χ2v) is 5.38. The highest BCUT2D eigenvalue weighted by Crippen LogP contribution is 2.19. The minimum Gasteiger partial charge on any atom is -0.379 e. The van der Waals surface area contributed by atoms with E-state index in [2.05, 4.69) is 50.4 Å². The van der Waals surface area contributed by atoms with Crippen molar-refractivity contribution in [1.82, 2.24) is 5.32 Å². The normalized spacial score (nSPS) is 14.0. The Labute approximate surface area is 130 Å². The molecular weight excluding hydrogens is 262 g/mol. The Bertz CT molecular complexity index is 342. The molecule has 0 saturated carbocycles. The molecule has 0 saturated heterocycles. The standard InChI is InChI=1S/C18H31NO2/c1-4-6-13-20-14-15-21-16(3)18(19-12-5-2)17-10-8-7-9-11-17/h7-11,16,18-19H,4-6,12-15H2,1-3H3. The molecule has 3 heteroatoms. The fourth-order valence-corrected chi connectivity index (χ4v) is 2.25. The third kappa shape index (κ3) is 7.60. The van der Waals surface area contributed by atoms with Crippen molar-refractivity contribution < 1.29 is 9.47 Å². The van der Waals surface area contributed by atoms with Crippen LogP contribution in [0, 0.1) is 0 Å². The van der Waals surface area contributed by atoms with Crippen LogP contribution in [0.1, 0.15) is 51.6 Å². The lowest BCUT2D eigenvalue weighted by Gasteiger charge is -2.26. The van der Waals surface area contributed by atoms with Gasteiger partial charge in [-0.25, -0.2) is 0 Å². The van der Waals surface area contributed by atoms with Crippen molar-refractivity contribution in [2.45, 2.75) is 52.2 Å². The molecule has 0 heterocycles. The van der Waals surface area contributed by atoms with E-state index in [1.807, 2.05) is 6.07 Å². The monoisotopic (exact) mass is 293 g/mol. The summed E-state index contributed by atoms with van der Waals surface area (Å²) in [4.78, 5) is 0. The van der Waals surface area contributed by atoms with Crippen LogP contribution in [0.2, 0.25) is 0 Å². The maximum absolute atomic E-state index is 5.95. The van der Waals surface area contributed by atoms with Crippen molar-refractivity contribution in [3.05, 3.63) is 35.9 Å². The van der Waals surface area contributed by atoms with Crippen molar-refractivity contribution in [2.75, 3.05) is 26.4 Å². The van der Waals surface area contributed by atoms with Crippen molar-refractivity contribution in [1.29, 1.82) is 0 Å². The first-order valence-corrected chi connectivity index (χ1v) is 8.27. The quantitative estimate of drug-likeness (QED) is 0.592. The van der Waals surface area contributed by atoms with Crippen LogP contribution in [0.5, 0.6) is 0 Å². The predicted octanol–water partition coefficient (Wildman–Crippen LogP) is 3.95. The van der Waals surface area contributed by atoms with Gasteiger partial charge in [0.25, 0.3) is 0 Å². The number of benzene rings is 1. The zero-order chi connectivity index (χ0) is 15.3. The zero-order valence-electron chi connectivity index (χ0n) is 13.8. The van der Waals surface area contributed by atoms with Gasteiger partial charge in [-0.15, -0.1) is 0 Å². The van der Waals surface area contributed by atoms with Gasteiger partial charge in [-0.2, -0.15) is 0 Å². The smallest absolute Gasteiger partial charge is 0.0742 e. The molecule has 1 N–H and O–H groups in total. The second-order valence-electron chi connectivity index (χ2n) is 5.38. The molecule has 0 aliphatic heterocycles. The van der Waals surface area contributed by atoms with E-state index in [0.29, 0.717) is 13.2 Å². The Hall–Kier alpha value is -0.900. The highest BCUT2D eigenvalue weighted by Gasteiger charge is 2.18. The zero-order valence-corrected chi connectivity index (χ0v) is 13.8. The number of hydrogen-bond acceptors (Lipinski definition) is 3. The summed E-state index contributed by atoms with van der Waals surface area (Å²) in [7, 11) is 0. The number of nitrogens with one attached hydrogen (secondary N) is 1. The third-order valence-electron chi connectivity index (χ3n) is 3.49. The lowest BCUT2D eigenvalue weighted by atomic mass is 10.0. The molecular formula is C18H31NO2. The summed E-state index contributed by atoms with van der Waals surface area (Å²) in [6.45, 7) is 9.66. The van der Waals surface area contributed by atoms with E-state index >= 15 is 0 Å². The van der Waals surface area contributed by atoms with Gasteiger partial charge in [-0.3, -0.25) is 0 Å². The van der Waals surface area contributed by atoms with Crippen LogP contribution in [0.25, 0.3) is 0 Å². The molecule has 3 nitrogen and oxygen atoms in total. The molecule has 1 aromatic carbocycles. The first-order chi connectivity index (χ1) is 10.3. The van der Waals surface area contributed by atoms with E-state index in [1.54, 1.807) is 0 Å². The fourth-order valence-electron chi connectivity index (χ4n) is 2.25. The molecule has 1 rings (SSSR count). The van der Waals surface area contributed by atoms with Crippen LogP contribution in [-0.4, -0.2) is 32.5 Å². The van der Waals surface area contributed by atoms with Gasteiger partial charge in [-0.05, 0) is 31.9 Å². The van der Waals surface area contributed by atoms with Crippen LogP contribution in [0.15, 0.2) is 30.3 Å². The minimum atomic E-state index is 0.133. The topological polar surface area (TPSA) is 30.5 Å². The number of ether oxygens (including phenoxy) is 2. The predicted molar refractivity (Wildman–Crippen MR) is 88.6 cm³/mol. The largest absolute Gasteiger partial charge is 0.379 e. The third-order valence-corrected chi connectivity index (χ3v) is 3.49. The summed E-state index contributed by atoms with van der Waals surface area (Å²) in [6.07, 6.45) is 3.55. The van der Waals surface area contributed by atoms with E-state index in [0.717, 1.165) is 26.0 Å². The Balaban J connectivity index is 2.39.